The van der Waals surface area contributed by atoms with Crippen LogP contribution in [0.3, 0.4) is 0 Å². The summed E-state index contributed by atoms with van der Waals surface area (Å²) in [5, 5.41) is 0. The third-order valence-electron chi connectivity index (χ3n) is 3.38. The number of rotatable bonds is 5. The van der Waals surface area contributed by atoms with Crippen molar-refractivity contribution in [2.45, 2.75) is 24.7 Å². The van der Waals surface area contributed by atoms with Gasteiger partial charge in [-0.3, -0.25) is 4.79 Å². The van der Waals surface area contributed by atoms with Gasteiger partial charge in [0.05, 0.1) is 4.90 Å². The van der Waals surface area contributed by atoms with Gasteiger partial charge in [0, 0.05) is 19.1 Å². The molecule has 116 valence electrons. The second-order valence-corrected chi connectivity index (χ2v) is 7.41. The van der Waals surface area contributed by atoms with Gasteiger partial charge in [-0.2, -0.15) is 0 Å². The van der Waals surface area contributed by atoms with Gasteiger partial charge in [-0.25, -0.2) is 12.8 Å². The van der Waals surface area contributed by atoms with Crippen LogP contribution in [0.4, 0.5) is 4.39 Å². The molecule has 0 bridgehead atoms. The van der Waals surface area contributed by atoms with Crippen molar-refractivity contribution in [2.75, 3.05) is 6.26 Å². The number of aryl methyl sites for hydroxylation is 1. The molecule has 3 nitrogen and oxygen atoms in total. The van der Waals surface area contributed by atoms with Crippen LogP contribution in [0.25, 0.3) is 0 Å². The Hall–Kier alpha value is -2.01. The molecule has 0 aliphatic rings. The summed E-state index contributed by atoms with van der Waals surface area (Å²) in [6.07, 6.45) is 1.60. The van der Waals surface area contributed by atoms with Crippen LogP contribution in [0.5, 0.6) is 0 Å². The molecule has 0 radical (unpaired) electrons. The molecule has 0 atom stereocenters. The van der Waals surface area contributed by atoms with E-state index in [1.54, 1.807) is 31.2 Å². The number of carbonyl (C=O) groups excluding carboxylic acids is 1. The lowest BCUT2D eigenvalue weighted by atomic mass is 10.0. The van der Waals surface area contributed by atoms with Gasteiger partial charge in [0.1, 0.15) is 11.6 Å². The highest BCUT2D eigenvalue weighted by Gasteiger charge is 2.09. The van der Waals surface area contributed by atoms with Crippen LogP contribution < -0.4 is 0 Å². The summed E-state index contributed by atoms with van der Waals surface area (Å²) in [5.41, 5.74) is 2.05. The van der Waals surface area contributed by atoms with E-state index in [1.807, 2.05) is 0 Å². The van der Waals surface area contributed by atoms with E-state index in [0.717, 1.165) is 17.4 Å². The Bertz CT molecular complexity index is 793. The molecule has 0 N–H and O–H groups in total. The molecular weight excluding hydrogens is 303 g/mol. The monoisotopic (exact) mass is 320 g/mol. The third-order valence-corrected chi connectivity index (χ3v) is 4.50. The summed E-state index contributed by atoms with van der Waals surface area (Å²) >= 11 is 0. The summed E-state index contributed by atoms with van der Waals surface area (Å²) in [7, 11) is -3.23. The molecule has 0 amide bonds. The van der Waals surface area contributed by atoms with Gasteiger partial charge in [-0.05, 0) is 41.8 Å². The van der Waals surface area contributed by atoms with E-state index in [0.29, 0.717) is 5.56 Å². The van der Waals surface area contributed by atoms with Gasteiger partial charge < -0.3 is 0 Å². The molecule has 0 aliphatic carbocycles. The average Bonchev–Trinajstić information content (AvgIpc) is 2.42. The fraction of sp³-hybridized carbons (Fsp3) is 0.235. The van der Waals surface area contributed by atoms with E-state index in [4.69, 9.17) is 0 Å². The van der Waals surface area contributed by atoms with Crippen molar-refractivity contribution in [3.63, 3.8) is 0 Å². The quantitative estimate of drug-likeness (QED) is 0.851. The van der Waals surface area contributed by atoms with E-state index in [2.05, 4.69) is 0 Å². The van der Waals surface area contributed by atoms with Crippen LogP contribution in [-0.4, -0.2) is 20.5 Å². The van der Waals surface area contributed by atoms with Gasteiger partial charge in [-0.1, -0.05) is 24.3 Å². The molecule has 0 unspecified atom stereocenters. The van der Waals surface area contributed by atoms with E-state index < -0.39 is 9.84 Å². The van der Waals surface area contributed by atoms with Gasteiger partial charge in [-0.15, -0.1) is 0 Å². The van der Waals surface area contributed by atoms with Crippen LogP contribution in [0.1, 0.15) is 16.7 Å². The highest BCUT2D eigenvalue weighted by molar-refractivity contribution is 7.90. The van der Waals surface area contributed by atoms with Crippen molar-refractivity contribution in [2.24, 2.45) is 0 Å². The fourth-order valence-corrected chi connectivity index (χ4v) is 2.82. The summed E-state index contributed by atoms with van der Waals surface area (Å²) in [5.74, 6) is -0.286. The molecule has 2 aromatic rings. The molecule has 22 heavy (non-hydrogen) atoms. The molecule has 0 spiro atoms. The van der Waals surface area contributed by atoms with Crippen LogP contribution in [0.2, 0.25) is 0 Å². The molecule has 0 aromatic heterocycles. The maximum atomic E-state index is 13.2. The average molecular weight is 320 g/mol. The van der Waals surface area contributed by atoms with Crippen molar-refractivity contribution >= 4 is 15.6 Å². The highest BCUT2D eigenvalue weighted by atomic mass is 32.2. The minimum absolute atomic E-state index is 0.00175. The lowest BCUT2D eigenvalue weighted by Gasteiger charge is -2.05. The SMILES string of the molecule is Cc1cc(CC(=O)Cc2ccc(S(C)(=O)=O)cc2)ccc1F. The van der Waals surface area contributed by atoms with E-state index in [9.17, 15) is 17.6 Å². The normalized spacial score (nSPS) is 11.4. The number of sulfone groups is 1. The Labute approximate surface area is 129 Å². The topological polar surface area (TPSA) is 51.2 Å². The van der Waals surface area contributed by atoms with Crippen LogP contribution in [0.15, 0.2) is 47.4 Å². The number of benzene rings is 2. The third kappa shape index (κ3) is 4.24. The lowest BCUT2D eigenvalue weighted by molar-refractivity contribution is -0.117. The van der Waals surface area contributed by atoms with Crippen LogP contribution in [-0.2, 0) is 27.5 Å². The summed E-state index contributed by atoms with van der Waals surface area (Å²) in [6.45, 7) is 1.66. The maximum Gasteiger partial charge on any atom is 0.175 e. The Balaban J connectivity index is 2.04. The molecule has 0 heterocycles. The standard InChI is InChI=1S/C17H17FO3S/c1-12-9-14(5-8-17(12)18)11-15(19)10-13-3-6-16(7-4-13)22(2,20)21/h3-9H,10-11H2,1-2H3. The number of hydrogen-bond acceptors (Lipinski definition) is 3. The number of hydrogen-bond donors (Lipinski definition) is 0. The van der Waals surface area contributed by atoms with Gasteiger partial charge in [0.2, 0.25) is 0 Å². The summed E-state index contributed by atoms with van der Waals surface area (Å²) in [4.78, 5) is 12.3. The Morgan fingerprint density at radius 1 is 1.00 bits per heavy atom. The first kappa shape index (κ1) is 16.4. The Kier molecular flexibility index (Phi) is 4.76. The summed E-state index contributed by atoms with van der Waals surface area (Å²) in [6, 6.07) is 10.9. The minimum atomic E-state index is -3.23. The first-order valence-electron chi connectivity index (χ1n) is 6.81. The lowest BCUT2D eigenvalue weighted by Crippen LogP contribution is -2.07. The maximum absolute atomic E-state index is 13.2. The van der Waals surface area contributed by atoms with E-state index in [1.165, 1.54) is 18.2 Å². The van der Waals surface area contributed by atoms with E-state index in [-0.39, 0.29) is 29.3 Å². The zero-order valence-corrected chi connectivity index (χ0v) is 13.3. The van der Waals surface area contributed by atoms with Gasteiger partial charge >= 0.3 is 0 Å². The van der Waals surface area contributed by atoms with Crippen LogP contribution in [0, 0.1) is 12.7 Å². The number of ketones is 1. The molecule has 0 saturated heterocycles. The molecule has 0 aliphatic heterocycles. The molecule has 0 saturated carbocycles. The largest absolute Gasteiger partial charge is 0.299 e. The van der Waals surface area contributed by atoms with Crippen molar-refractivity contribution in [1.29, 1.82) is 0 Å². The molecule has 2 rings (SSSR count). The van der Waals surface area contributed by atoms with Gasteiger partial charge in [0.15, 0.2) is 9.84 Å². The molecule has 5 heteroatoms. The fourth-order valence-electron chi connectivity index (χ4n) is 2.19. The predicted octanol–water partition coefficient (Wildman–Crippen LogP) is 2.89. The van der Waals surface area contributed by atoms with Crippen molar-refractivity contribution in [3.8, 4) is 0 Å². The first-order valence-corrected chi connectivity index (χ1v) is 8.70. The minimum Gasteiger partial charge on any atom is -0.299 e. The second kappa shape index (κ2) is 6.40. The van der Waals surface area contributed by atoms with E-state index >= 15 is 0 Å². The first-order chi connectivity index (χ1) is 10.3. The molecule has 0 fully saturated rings. The smallest absolute Gasteiger partial charge is 0.175 e. The molecule has 2 aromatic carbocycles. The van der Waals surface area contributed by atoms with Gasteiger partial charge in [0.25, 0.3) is 0 Å². The molecular formula is C17H17FO3S. The predicted molar refractivity (Wildman–Crippen MR) is 83.1 cm³/mol. The summed E-state index contributed by atoms with van der Waals surface area (Å²) < 4.78 is 35.9. The van der Waals surface area contributed by atoms with Crippen molar-refractivity contribution in [1.82, 2.24) is 0 Å². The zero-order chi connectivity index (χ0) is 16.3. The Morgan fingerprint density at radius 2 is 1.55 bits per heavy atom. The van der Waals surface area contributed by atoms with Crippen molar-refractivity contribution < 1.29 is 17.6 Å². The van der Waals surface area contributed by atoms with Crippen LogP contribution >= 0.6 is 0 Å². The number of halogens is 1. The zero-order valence-electron chi connectivity index (χ0n) is 12.5. The number of Topliss-reactive ketones (excluding diaryl/α,β-unsaturated/α-hetero) is 1. The second-order valence-electron chi connectivity index (χ2n) is 5.39. The Morgan fingerprint density at radius 3 is 2.09 bits per heavy atom. The number of carbonyl (C=O) groups is 1. The van der Waals surface area contributed by atoms with Crippen molar-refractivity contribution in [3.05, 3.63) is 65.0 Å². The highest BCUT2D eigenvalue weighted by Crippen LogP contribution is 2.13.